The van der Waals surface area contributed by atoms with Gasteiger partial charge in [-0.3, -0.25) is 4.79 Å². The zero-order valence-electron chi connectivity index (χ0n) is 11.3. The SMILES string of the molecule is CC1CCC(CN(CCC(=O)O)c2ccccc2)O1. The van der Waals surface area contributed by atoms with E-state index in [-0.39, 0.29) is 12.5 Å². The van der Waals surface area contributed by atoms with E-state index in [4.69, 9.17) is 9.84 Å². The van der Waals surface area contributed by atoms with Gasteiger partial charge in [0, 0.05) is 18.8 Å². The highest BCUT2D eigenvalue weighted by Gasteiger charge is 2.24. The van der Waals surface area contributed by atoms with Gasteiger partial charge in [-0.25, -0.2) is 0 Å². The van der Waals surface area contributed by atoms with Crippen LogP contribution in [0.5, 0.6) is 0 Å². The Kier molecular flexibility index (Phi) is 4.80. The third kappa shape index (κ3) is 4.24. The van der Waals surface area contributed by atoms with Crippen molar-refractivity contribution in [1.29, 1.82) is 0 Å². The van der Waals surface area contributed by atoms with Gasteiger partial charge in [0.1, 0.15) is 0 Å². The molecule has 0 bridgehead atoms. The van der Waals surface area contributed by atoms with Crippen molar-refractivity contribution >= 4 is 11.7 Å². The molecule has 4 heteroatoms. The molecule has 1 fully saturated rings. The topological polar surface area (TPSA) is 49.8 Å². The van der Waals surface area contributed by atoms with E-state index in [1.165, 1.54) is 0 Å². The first-order valence-corrected chi connectivity index (χ1v) is 6.82. The molecule has 0 spiro atoms. The highest BCUT2D eigenvalue weighted by molar-refractivity contribution is 5.67. The smallest absolute Gasteiger partial charge is 0.305 e. The van der Waals surface area contributed by atoms with E-state index in [2.05, 4.69) is 11.8 Å². The van der Waals surface area contributed by atoms with E-state index >= 15 is 0 Å². The molecule has 19 heavy (non-hydrogen) atoms. The quantitative estimate of drug-likeness (QED) is 0.857. The third-order valence-electron chi connectivity index (χ3n) is 3.46. The van der Waals surface area contributed by atoms with Gasteiger partial charge in [0.15, 0.2) is 0 Å². The summed E-state index contributed by atoms with van der Waals surface area (Å²) >= 11 is 0. The van der Waals surface area contributed by atoms with Crippen LogP contribution in [0.25, 0.3) is 0 Å². The Morgan fingerprint density at radius 2 is 2.11 bits per heavy atom. The fourth-order valence-electron chi connectivity index (χ4n) is 2.46. The summed E-state index contributed by atoms with van der Waals surface area (Å²) in [7, 11) is 0. The van der Waals surface area contributed by atoms with E-state index in [0.29, 0.717) is 12.6 Å². The van der Waals surface area contributed by atoms with Crippen LogP contribution in [-0.2, 0) is 9.53 Å². The average Bonchev–Trinajstić information content (AvgIpc) is 2.81. The van der Waals surface area contributed by atoms with Crippen molar-refractivity contribution < 1.29 is 14.6 Å². The molecular weight excluding hydrogens is 242 g/mol. The molecule has 0 aliphatic carbocycles. The Balaban J connectivity index is 1.99. The molecule has 0 amide bonds. The predicted molar refractivity (Wildman–Crippen MR) is 74.5 cm³/mol. The Bertz CT molecular complexity index is 407. The van der Waals surface area contributed by atoms with Crippen LogP contribution in [0.15, 0.2) is 30.3 Å². The number of ether oxygens (including phenoxy) is 1. The summed E-state index contributed by atoms with van der Waals surface area (Å²) in [4.78, 5) is 12.9. The van der Waals surface area contributed by atoms with Crippen molar-refractivity contribution in [3.05, 3.63) is 30.3 Å². The van der Waals surface area contributed by atoms with Crippen molar-refractivity contribution in [2.24, 2.45) is 0 Å². The lowest BCUT2D eigenvalue weighted by atomic mass is 10.2. The molecule has 0 saturated carbocycles. The number of anilines is 1. The molecule has 1 aliphatic heterocycles. The number of benzene rings is 1. The molecule has 4 nitrogen and oxygen atoms in total. The number of carboxylic acids is 1. The predicted octanol–water partition coefficient (Wildman–Crippen LogP) is 2.54. The highest BCUT2D eigenvalue weighted by Crippen LogP contribution is 2.22. The van der Waals surface area contributed by atoms with E-state index in [0.717, 1.165) is 25.1 Å². The lowest BCUT2D eigenvalue weighted by molar-refractivity contribution is -0.136. The zero-order valence-corrected chi connectivity index (χ0v) is 11.3. The summed E-state index contributed by atoms with van der Waals surface area (Å²) in [6.45, 7) is 3.37. The lowest BCUT2D eigenvalue weighted by Crippen LogP contribution is -2.34. The molecule has 0 radical (unpaired) electrons. The molecule has 1 aromatic carbocycles. The zero-order chi connectivity index (χ0) is 13.7. The van der Waals surface area contributed by atoms with Crippen LogP contribution in [0.1, 0.15) is 26.2 Å². The molecule has 0 aromatic heterocycles. The second-order valence-electron chi connectivity index (χ2n) is 5.07. The van der Waals surface area contributed by atoms with Gasteiger partial charge < -0.3 is 14.7 Å². The van der Waals surface area contributed by atoms with Gasteiger partial charge in [-0.05, 0) is 31.9 Å². The number of hydrogen-bond donors (Lipinski definition) is 1. The van der Waals surface area contributed by atoms with Gasteiger partial charge in [0.05, 0.1) is 18.6 Å². The molecule has 2 unspecified atom stereocenters. The number of carboxylic acid groups (broad SMARTS) is 1. The second kappa shape index (κ2) is 6.57. The van der Waals surface area contributed by atoms with Gasteiger partial charge in [-0.2, -0.15) is 0 Å². The first kappa shape index (κ1) is 13.9. The third-order valence-corrected chi connectivity index (χ3v) is 3.46. The van der Waals surface area contributed by atoms with Crippen LogP contribution in [-0.4, -0.2) is 36.4 Å². The second-order valence-corrected chi connectivity index (χ2v) is 5.07. The number of nitrogens with zero attached hydrogens (tertiary/aromatic N) is 1. The van der Waals surface area contributed by atoms with E-state index < -0.39 is 5.97 Å². The summed E-state index contributed by atoms with van der Waals surface area (Å²) in [6, 6.07) is 9.94. The molecular formula is C15H21NO3. The van der Waals surface area contributed by atoms with Crippen LogP contribution in [0, 0.1) is 0 Å². The molecule has 2 rings (SSSR count). The summed E-state index contributed by atoms with van der Waals surface area (Å²) < 4.78 is 5.83. The maximum Gasteiger partial charge on any atom is 0.305 e. The number of hydrogen-bond acceptors (Lipinski definition) is 3. The Morgan fingerprint density at radius 1 is 1.37 bits per heavy atom. The average molecular weight is 263 g/mol. The minimum absolute atomic E-state index is 0.150. The fraction of sp³-hybridized carbons (Fsp3) is 0.533. The van der Waals surface area contributed by atoms with Gasteiger partial charge in [0.2, 0.25) is 0 Å². The molecule has 2 atom stereocenters. The monoisotopic (exact) mass is 263 g/mol. The fourth-order valence-corrected chi connectivity index (χ4v) is 2.46. The molecule has 1 aromatic rings. The van der Waals surface area contributed by atoms with Gasteiger partial charge in [-0.15, -0.1) is 0 Å². The van der Waals surface area contributed by atoms with Crippen LogP contribution in [0.4, 0.5) is 5.69 Å². The summed E-state index contributed by atoms with van der Waals surface area (Å²) in [5.41, 5.74) is 1.06. The normalized spacial score (nSPS) is 22.4. The van der Waals surface area contributed by atoms with Crippen molar-refractivity contribution in [3.8, 4) is 0 Å². The largest absolute Gasteiger partial charge is 0.481 e. The summed E-state index contributed by atoms with van der Waals surface area (Å²) in [6.07, 6.45) is 2.83. The Labute approximate surface area is 114 Å². The minimum Gasteiger partial charge on any atom is -0.481 e. The maximum atomic E-state index is 10.8. The van der Waals surface area contributed by atoms with Crippen molar-refractivity contribution in [2.75, 3.05) is 18.0 Å². The molecule has 1 aliphatic rings. The standard InChI is InChI=1S/C15H21NO3/c1-12-7-8-14(19-12)11-16(10-9-15(17)18)13-5-3-2-4-6-13/h2-6,12,14H,7-11H2,1H3,(H,17,18). The van der Waals surface area contributed by atoms with Crippen LogP contribution in [0.2, 0.25) is 0 Å². The Hall–Kier alpha value is -1.55. The molecule has 1 N–H and O–H groups in total. The summed E-state index contributed by atoms with van der Waals surface area (Å²) in [5.74, 6) is -0.762. The van der Waals surface area contributed by atoms with Gasteiger partial charge in [0.25, 0.3) is 0 Å². The van der Waals surface area contributed by atoms with Crippen molar-refractivity contribution in [1.82, 2.24) is 0 Å². The van der Waals surface area contributed by atoms with Gasteiger partial charge >= 0.3 is 5.97 Å². The van der Waals surface area contributed by atoms with Crippen LogP contribution < -0.4 is 4.90 Å². The first-order valence-electron chi connectivity index (χ1n) is 6.82. The minimum atomic E-state index is -0.762. The van der Waals surface area contributed by atoms with Crippen molar-refractivity contribution in [3.63, 3.8) is 0 Å². The number of rotatable bonds is 6. The molecule has 1 heterocycles. The van der Waals surface area contributed by atoms with Gasteiger partial charge in [-0.1, -0.05) is 18.2 Å². The molecule has 1 saturated heterocycles. The number of para-hydroxylation sites is 1. The van der Waals surface area contributed by atoms with Crippen LogP contribution in [0.3, 0.4) is 0 Å². The Morgan fingerprint density at radius 3 is 2.68 bits per heavy atom. The van der Waals surface area contributed by atoms with Crippen molar-refractivity contribution in [2.45, 2.75) is 38.4 Å². The van der Waals surface area contributed by atoms with E-state index in [1.54, 1.807) is 0 Å². The lowest BCUT2D eigenvalue weighted by Gasteiger charge is -2.27. The highest BCUT2D eigenvalue weighted by atomic mass is 16.5. The summed E-state index contributed by atoms with van der Waals surface area (Å²) in [5, 5.41) is 8.85. The first-order chi connectivity index (χ1) is 9.15. The maximum absolute atomic E-state index is 10.8. The number of carbonyl (C=O) groups is 1. The van der Waals surface area contributed by atoms with E-state index in [9.17, 15) is 4.79 Å². The van der Waals surface area contributed by atoms with Crippen LogP contribution >= 0.6 is 0 Å². The molecule has 104 valence electrons. The van der Waals surface area contributed by atoms with E-state index in [1.807, 2.05) is 30.3 Å². The number of aliphatic carboxylic acids is 1.